The summed E-state index contributed by atoms with van der Waals surface area (Å²) in [7, 11) is -1.95. The Morgan fingerprint density at radius 2 is 2.05 bits per heavy atom. The summed E-state index contributed by atoms with van der Waals surface area (Å²) in [6, 6.07) is 7.25. The Bertz CT molecular complexity index is 738. The highest BCUT2D eigenvalue weighted by Gasteiger charge is 2.25. The second-order valence-electron chi connectivity index (χ2n) is 4.87. The third kappa shape index (κ3) is 3.49. The number of pyridine rings is 1. The van der Waals surface area contributed by atoms with Crippen molar-refractivity contribution in [2.45, 2.75) is 31.8 Å². The smallest absolute Gasteiger partial charge is 0.244 e. The van der Waals surface area contributed by atoms with Gasteiger partial charge in [-0.2, -0.15) is 4.31 Å². The van der Waals surface area contributed by atoms with Gasteiger partial charge in [-0.05, 0) is 32.0 Å². The molecule has 0 spiro atoms. The van der Waals surface area contributed by atoms with Gasteiger partial charge in [-0.15, -0.1) is 11.3 Å². The van der Waals surface area contributed by atoms with Crippen molar-refractivity contribution in [2.24, 2.45) is 5.73 Å². The number of nitrogens with zero attached hydrogens (tertiary/aromatic N) is 2. The number of sulfonamides is 1. The van der Waals surface area contributed by atoms with Crippen molar-refractivity contribution in [3.63, 3.8) is 0 Å². The van der Waals surface area contributed by atoms with E-state index in [9.17, 15) is 8.42 Å². The zero-order valence-electron chi connectivity index (χ0n) is 12.3. The maximum atomic E-state index is 12.6. The van der Waals surface area contributed by atoms with Gasteiger partial charge in [0.2, 0.25) is 10.0 Å². The van der Waals surface area contributed by atoms with E-state index in [1.165, 1.54) is 15.6 Å². The molecule has 0 aliphatic carbocycles. The molecule has 2 N–H and O–H groups in total. The Balaban J connectivity index is 2.28. The predicted octanol–water partition coefficient (Wildman–Crippen LogP) is 2.04. The molecule has 0 saturated heterocycles. The molecule has 2 aromatic heterocycles. The van der Waals surface area contributed by atoms with Crippen molar-refractivity contribution in [1.29, 1.82) is 0 Å². The molecular formula is C14H19N3O2S2. The van der Waals surface area contributed by atoms with E-state index in [-0.39, 0.29) is 6.54 Å². The van der Waals surface area contributed by atoms with Crippen molar-refractivity contribution >= 4 is 21.4 Å². The van der Waals surface area contributed by atoms with Gasteiger partial charge in [-0.1, -0.05) is 6.07 Å². The Kier molecular flexibility index (Phi) is 4.77. The summed E-state index contributed by atoms with van der Waals surface area (Å²) in [5, 5.41) is 0. The molecule has 7 heteroatoms. The van der Waals surface area contributed by atoms with Crippen LogP contribution in [0.2, 0.25) is 0 Å². The lowest BCUT2D eigenvalue weighted by Crippen LogP contribution is -2.27. The minimum absolute atomic E-state index is 0.247. The van der Waals surface area contributed by atoms with Crippen molar-refractivity contribution in [3.05, 3.63) is 45.4 Å². The molecule has 2 aromatic rings. The third-order valence-electron chi connectivity index (χ3n) is 3.14. The van der Waals surface area contributed by atoms with Gasteiger partial charge in [0.1, 0.15) is 0 Å². The maximum absolute atomic E-state index is 12.6. The highest BCUT2D eigenvalue weighted by molar-refractivity contribution is 7.89. The van der Waals surface area contributed by atoms with E-state index >= 15 is 0 Å². The quantitative estimate of drug-likeness (QED) is 0.912. The molecule has 5 nitrogen and oxygen atoms in total. The lowest BCUT2D eigenvalue weighted by molar-refractivity contribution is 0.461. The van der Waals surface area contributed by atoms with Crippen LogP contribution >= 0.6 is 11.3 Å². The van der Waals surface area contributed by atoms with Gasteiger partial charge in [-0.25, -0.2) is 8.42 Å². The van der Waals surface area contributed by atoms with Crippen molar-refractivity contribution < 1.29 is 8.42 Å². The normalized spacial score (nSPS) is 12.0. The van der Waals surface area contributed by atoms with E-state index in [4.69, 9.17) is 5.73 Å². The first-order chi connectivity index (χ1) is 9.84. The Morgan fingerprint density at radius 3 is 2.62 bits per heavy atom. The molecule has 0 saturated carbocycles. The first kappa shape index (κ1) is 16.1. The fraction of sp³-hybridized carbons (Fsp3) is 0.357. The van der Waals surface area contributed by atoms with E-state index in [1.54, 1.807) is 20.0 Å². The topological polar surface area (TPSA) is 76.3 Å². The summed E-state index contributed by atoms with van der Waals surface area (Å²) in [6.45, 7) is 4.28. The van der Waals surface area contributed by atoms with Crippen LogP contribution < -0.4 is 5.73 Å². The van der Waals surface area contributed by atoms with Crippen LogP contribution in [0.4, 0.5) is 0 Å². The van der Waals surface area contributed by atoms with Gasteiger partial charge in [0.05, 0.1) is 17.1 Å². The van der Waals surface area contributed by atoms with Crippen molar-refractivity contribution in [1.82, 2.24) is 9.29 Å². The fourth-order valence-corrected chi connectivity index (χ4v) is 4.67. The zero-order chi connectivity index (χ0) is 15.6. The van der Waals surface area contributed by atoms with Gasteiger partial charge in [0.25, 0.3) is 0 Å². The lowest BCUT2D eigenvalue weighted by Gasteiger charge is -2.16. The summed E-state index contributed by atoms with van der Waals surface area (Å²) < 4.78 is 26.6. The number of rotatable bonds is 5. The molecule has 114 valence electrons. The number of hydrogen-bond acceptors (Lipinski definition) is 5. The van der Waals surface area contributed by atoms with Crippen LogP contribution in [0, 0.1) is 13.8 Å². The molecule has 0 amide bonds. The van der Waals surface area contributed by atoms with Gasteiger partial charge >= 0.3 is 0 Å². The van der Waals surface area contributed by atoms with Crippen molar-refractivity contribution in [2.75, 3.05) is 7.05 Å². The minimum atomic E-state index is -3.52. The lowest BCUT2D eigenvalue weighted by atomic mass is 10.3. The molecule has 2 rings (SSSR count). The summed E-state index contributed by atoms with van der Waals surface area (Å²) >= 11 is 1.42. The Labute approximate surface area is 129 Å². The molecule has 0 aliphatic rings. The first-order valence-electron chi connectivity index (χ1n) is 6.53. The fourth-order valence-electron chi connectivity index (χ4n) is 2.05. The summed E-state index contributed by atoms with van der Waals surface area (Å²) in [6.07, 6.45) is 0. The molecule has 2 heterocycles. The minimum Gasteiger partial charge on any atom is -0.326 e. The van der Waals surface area contributed by atoms with Gasteiger partial charge < -0.3 is 5.73 Å². The molecule has 0 unspecified atom stereocenters. The molecular weight excluding hydrogens is 306 g/mol. The van der Waals surface area contributed by atoms with E-state index in [0.717, 1.165) is 21.1 Å². The number of aryl methyl sites for hydroxylation is 2. The molecule has 0 bridgehead atoms. The second kappa shape index (κ2) is 6.23. The monoisotopic (exact) mass is 325 g/mol. The van der Waals surface area contributed by atoms with E-state index < -0.39 is 10.0 Å². The largest absolute Gasteiger partial charge is 0.326 e. The Morgan fingerprint density at radius 1 is 1.33 bits per heavy atom. The average molecular weight is 325 g/mol. The molecule has 0 radical (unpaired) electrons. The number of aromatic nitrogens is 1. The maximum Gasteiger partial charge on any atom is 0.244 e. The second-order valence-corrected chi connectivity index (χ2v) is 8.22. The van der Waals surface area contributed by atoms with E-state index in [2.05, 4.69) is 4.98 Å². The molecule has 0 aliphatic heterocycles. The zero-order valence-corrected chi connectivity index (χ0v) is 14.0. The van der Waals surface area contributed by atoms with E-state index in [1.807, 2.05) is 25.1 Å². The standard InChI is InChI=1S/C14H19N3O2S2/c1-10-5-4-6-12(16-10)9-17(3)21(18,19)14-7-13(8-15)20-11(14)2/h4-7H,8-9,15H2,1-3H3. The Hall–Kier alpha value is -1.28. The predicted molar refractivity (Wildman–Crippen MR) is 84.6 cm³/mol. The summed E-state index contributed by atoms with van der Waals surface area (Å²) in [5.41, 5.74) is 7.18. The summed E-state index contributed by atoms with van der Waals surface area (Å²) in [5.74, 6) is 0. The van der Waals surface area contributed by atoms with Crippen LogP contribution in [0.15, 0.2) is 29.2 Å². The van der Waals surface area contributed by atoms with E-state index in [0.29, 0.717) is 11.4 Å². The van der Waals surface area contributed by atoms with Crippen LogP contribution in [0.5, 0.6) is 0 Å². The number of hydrogen-bond donors (Lipinski definition) is 1. The van der Waals surface area contributed by atoms with Crippen molar-refractivity contribution in [3.8, 4) is 0 Å². The average Bonchev–Trinajstić information content (AvgIpc) is 2.80. The third-order valence-corrected chi connectivity index (χ3v) is 6.27. The number of nitrogens with two attached hydrogens (primary N) is 1. The number of thiophene rings is 1. The summed E-state index contributed by atoms with van der Waals surface area (Å²) in [4.78, 5) is 6.31. The van der Waals surface area contributed by atoms with Crippen LogP contribution in [0.3, 0.4) is 0 Å². The van der Waals surface area contributed by atoms with Crippen LogP contribution in [-0.2, 0) is 23.1 Å². The molecule has 21 heavy (non-hydrogen) atoms. The first-order valence-corrected chi connectivity index (χ1v) is 8.78. The molecule has 0 aromatic carbocycles. The van der Waals surface area contributed by atoms with Gasteiger partial charge in [0, 0.05) is 29.0 Å². The van der Waals surface area contributed by atoms with Gasteiger partial charge in [0.15, 0.2) is 0 Å². The van der Waals surface area contributed by atoms with Crippen LogP contribution in [-0.4, -0.2) is 24.8 Å². The van der Waals surface area contributed by atoms with Gasteiger partial charge in [-0.3, -0.25) is 4.98 Å². The van der Waals surface area contributed by atoms with Crippen LogP contribution in [0.1, 0.15) is 21.1 Å². The molecule has 0 fully saturated rings. The van der Waals surface area contributed by atoms with Crippen LogP contribution in [0.25, 0.3) is 0 Å². The highest BCUT2D eigenvalue weighted by Crippen LogP contribution is 2.28. The SMILES string of the molecule is Cc1cccc(CN(C)S(=O)(=O)c2cc(CN)sc2C)n1. The molecule has 0 atom stereocenters. The highest BCUT2D eigenvalue weighted by atomic mass is 32.2.